The van der Waals surface area contributed by atoms with Gasteiger partial charge in [-0.3, -0.25) is 4.79 Å². The molecule has 2 aromatic carbocycles. The number of halogens is 1. The average Bonchev–Trinajstić information content (AvgIpc) is 2.74. The maximum atomic E-state index is 12.0. The van der Waals surface area contributed by atoms with Crippen molar-refractivity contribution in [1.29, 1.82) is 0 Å². The van der Waals surface area contributed by atoms with E-state index < -0.39 is 0 Å². The maximum Gasteiger partial charge on any atom is 0.246 e. The highest BCUT2D eigenvalue weighted by Crippen LogP contribution is 2.14. The van der Waals surface area contributed by atoms with Crippen LogP contribution in [0.3, 0.4) is 0 Å². The highest BCUT2D eigenvalue weighted by molar-refractivity contribution is 14.0. The number of rotatable bonds is 10. The van der Waals surface area contributed by atoms with Crippen molar-refractivity contribution in [1.82, 2.24) is 10.6 Å². The molecule has 0 atom stereocenters. The largest absolute Gasteiger partial charge is 0.508 e. The summed E-state index contributed by atoms with van der Waals surface area (Å²) in [6.07, 6.45) is 3.06. The van der Waals surface area contributed by atoms with Crippen LogP contribution >= 0.6 is 24.0 Å². The Balaban J connectivity index is 0.00000450. The number of unbranched alkanes of at least 4 members (excludes halogenated alkanes) is 1. The molecule has 0 saturated carbocycles. The number of hydrogen-bond acceptors (Lipinski definition) is 4. The number of ether oxygens (including phenoxy) is 1. The van der Waals surface area contributed by atoms with Gasteiger partial charge in [0.25, 0.3) is 0 Å². The fourth-order valence-corrected chi connectivity index (χ4v) is 2.69. The van der Waals surface area contributed by atoms with Crippen LogP contribution in [0.4, 0.5) is 5.69 Å². The minimum absolute atomic E-state index is 0. The van der Waals surface area contributed by atoms with E-state index >= 15 is 0 Å². The zero-order valence-corrected chi connectivity index (χ0v) is 19.8. The lowest BCUT2D eigenvalue weighted by Crippen LogP contribution is -2.38. The highest BCUT2D eigenvalue weighted by atomic mass is 127. The number of nitrogens with zero attached hydrogens (tertiary/aromatic N) is 1. The standard InChI is InChI=1S/C22H30N4O3.HI/c1-3-23-22(25-16-21(28)26-18-9-11-19(27)12-10-18)24-15-5-4-6-17-7-13-20(29-2)14-8-17;/h7-14,27H,3-6,15-16H2,1-2H3,(H,26,28)(H2,23,24,25);1H. The number of guanidine groups is 1. The summed E-state index contributed by atoms with van der Waals surface area (Å²) in [5, 5.41) is 18.4. The van der Waals surface area contributed by atoms with Gasteiger partial charge < -0.3 is 25.8 Å². The Morgan fingerprint density at radius 2 is 1.73 bits per heavy atom. The van der Waals surface area contributed by atoms with Crippen molar-refractivity contribution in [3.05, 3.63) is 54.1 Å². The van der Waals surface area contributed by atoms with Crippen molar-refractivity contribution in [2.24, 2.45) is 4.99 Å². The quantitative estimate of drug-likeness (QED) is 0.125. The molecule has 0 fully saturated rings. The predicted molar refractivity (Wildman–Crippen MR) is 132 cm³/mol. The van der Waals surface area contributed by atoms with Crippen molar-refractivity contribution in [3.8, 4) is 11.5 Å². The van der Waals surface area contributed by atoms with Crippen molar-refractivity contribution < 1.29 is 14.6 Å². The summed E-state index contributed by atoms with van der Waals surface area (Å²) in [5.41, 5.74) is 1.91. The van der Waals surface area contributed by atoms with Crippen LogP contribution in [-0.2, 0) is 11.2 Å². The van der Waals surface area contributed by atoms with Gasteiger partial charge in [0, 0.05) is 18.8 Å². The number of aryl methyl sites for hydroxylation is 1. The smallest absolute Gasteiger partial charge is 0.246 e. The van der Waals surface area contributed by atoms with Crippen LogP contribution in [0, 0.1) is 0 Å². The average molecular weight is 526 g/mol. The summed E-state index contributed by atoms with van der Waals surface area (Å²) in [4.78, 5) is 16.4. The molecule has 0 aliphatic heterocycles. The SMILES string of the molecule is CCNC(=NCC(=O)Nc1ccc(O)cc1)NCCCCc1ccc(OC)cc1.I. The molecule has 7 nitrogen and oxygen atoms in total. The Hall–Kier alpha value is -2.49. The molecule has 0 heterocycles. The normalized spacial score (nSPS) is 10.7. The zero-order chi connectivity index (χ0) is 20.9. The lowest BCUT2D eigenvalue weighted by molar-refractivity contribution is -0.114. The minimum Gasteiger partial charge on any atom is -0.508 e. The Bertz CT molecular complexity index is 780. The molecule has 1 amide bonds. The first-order valence-electron chi connectivity index (χ1n) is 9.84. The number of amides is 1. The molecule has 4 N–H and O–H groups in total. The summed E-state index contributed by atoms with van der Waals surface area (Å²) in [7, 11) is 1.67. The first kappa shape index (κ1) is 25.5. The molecule has 30 heavy (non-hydrogen) atoms. The van der Waals surface area contributed by atoms with Crippen LogP contribution in [0.2, 0.25) is 0 Å². The van der Waals surface area contributed by atoms with Gasteiger partial charge in [0.05, 0.1) is 7.11 Å². The predicted octanol–water partition coefficient (Wildman–Crippen LogP) is 3.54. The number of aliphatic imine (C=N–C) groups is 1. The van der Waals surface area contributed by atoms with E-state index in [0.29, 0.717) is 11.6 Å². The Morgan fingerprint density at radius 1 is 1.03 bits per heavy atom. The molecular formula is C22H31IN4O3. The lowest BCUT2D eigenvalue weighted by Gasteiger charge is -2.11. The molecule has 0 bridgehead atoms. The fourth-order valence-electron chi connectivity index (χ4n) is 2.69. The van der Waals surface area contributed by atoms with Crippen LogP contribution < -0.4 is 20.7 Å². The summed E-state index contributed by atoms with van der Waals surface area (Å²) >= 11 is 0. The van der Waals surface area contributed by atoms with E-state index in [1.807, 2.05) is 19.1 Å². The van der Waals surface area contributed by atoms with E-state index in [9.17, 15) is 9.90 Å². The number of anilines is 1. The van der Waals surface area contributed by atoms with Gasteiger partial charge in [0.2, 0.25) is 5.91 Å². The molecule has 0 radical (unpaired) electrons. The molecule has 0 aliphatic carbocycles. The van der Waals surface area contributed by atoms with Crippen LogP contribution in [-0.4, -0.2) is 43.7 Å². The second-order valence-corrected chi connectivity index (χ2v) is 6.52. The van der Waals surface area contributed by atoms with Crippen molar-refractivity contribution in [2.45, 2.75) is 26.2 Å². The first-order chi connectivity index (χ1) is 14.1. The van der Waals surface area contributed by atoms with Gasteiger partial charge in [-0.15, -0.1) is 24.0 Å². The van der Waals surface area contributed by atoms with E-state index in [4.69, 9.17) is 4.74 Å². The fraction of sp³-hybridized carbons (Fsp3) is 0.364. The van der Waals surface area contributed by atoms with E-state index in [2.05, 4.69) is 33.1 Å². The summed E-state index contributed by atoms with van der Waals surface area (Å²) in [5.74, 6) is 1.44. The third kappa shape index (κ3) is 9.82. The van der Waals surface area contributed by atoms with Crippen LogP contribution in [0.15, 0.2) is 53.5 Å². The van der Waals surface area contributed by atoms with Gasteiger partial charge >= 0.3 is 0 Å². The number of aromatic hydroxyl groups is 1. The van der Waals surface area contributed by atoms with E-state index in [1.165, 1.54) is 17.7 Å². The topological polar surface area (TPSA) is 95.0 Å². The number of benzene rings is 2. The van der Waals surface area contributed by atoms with Gasteiger partial charge in [-0.05, 0) is 68.1 Å². The number of methoxy groups -OCH3 is 1. The molecule has 0 aliphatic rings. The number of nitrogens with one attached hydrogen (secondary N) is 3. The minimum atomic E-state index is -0.215. The highest BCUT2D eigenvalue weighted by Gasteiger charge is 2.03. The van der Waals surface area contributed by atoms with Crippen molar-refractivity contribution >= 4 is 41.5 Å². The Morgan fingerprint density at radius 3 is 2.37 bits per heavy atom. The van der Waals surface area contributed by atoms with Crippen LogP contribution in [0.5, 0.6) is 11.5 Å². The number of hydrogen-bond donors (Lipinski definition) is 4. The number of phenols is 1. The molecule has 0 aromatic heterocycles. The van der Waals surface area contributed by atoms with Gasteiger partial charge in [-0.25, -0.2) is 4.99 Å². The third-order valence-electron chi connectivity index (χ3n) is 4.22. The third-order valence-corrected chi connectivity index (χ3v) is 4.22. The Kier molecular flexibility index (Phi) is 12.3. The second-order valence-electron chi connectivity index (χ2n) is 6.52. The van der Waals surface area contributed by atoms with Crippen LogP contribution in [0.1, 0.15) is 25.3 Å². The van der Waals surface area contributed by atoms with Crippen LogP contribution in [0.25, 0.3) is 0 Å². The number of carbonyl (C=O) groups excluding carboxylic acids is 1. The van der Waals surface area contributed by atoms with E-state index in [-0.39, 0.29) is 42.2 Å². The molecule has 0 spiro atoms. The summed E-state index contributed by atoms with van der Waals surface area (Å²) < 4.78 is 5.17. The first-order valence-corrected chi connectivity index (χ1v) is 9.84. The number of carbonyl (C=O) groups is 1. The van der Waals surface area contributed by atoms with E-state index in [1.54, 1.807) is 19.2 Å². The van der Waals surface area contributed by atoms with Crippen molar-refractivity contribution in [3.63, 3.8) is 0 Å². The lowest BCUT2D eigenvalue weighted by atomic mass is 10.1. The van der Waals surface area contributed by atoms with Gasteiger partial charge in [0.1, 0.15) is 18.0 Å². The molecule has 0 saturated heterocycles. The molecule has 164 valence electrons. The maximum absolute atomic E-state index is 12.0. The molecule has 2 aromatic rings. The zero-order valence-electron chi connectivity index (χ0n) is 17.5. The molecule has 8 heteroatoms. The number of phenolic OH excluding ortho intramolecular Hbond substituents is 1. The molecular weight excluding hydrogens is 495 g/mol. The summed E-state index contributed by atoms with van der Waals surface area (Å²) in [6.45, 7) is 3.50. The van der Waals surface area contributed by atoms with E-state index in [0.717, 1.165) is 38.1 Å². The second kappa shape index (κ2) is 14.5. The Labute approximate surface area is 195 Å². The van der Waals surface area contributed by atoms with Crippen molar-refractivity contribution in [2.75, 3.05) is 32.1 Å². The van der Waals surface area contributed by atoms with Gasteiger partial charge in [-0.2, -0.15) is 0 Å². The van der Waals surface area contributed by atoms with Gasteiger partial charge in [0.15, 0.2) is 5.96 Å². The summed E-state index contributed by atoms with van der Waals surface area (Å²) in [6, 6.07) is 14.5. The van der Waals surface area contributed by atoms with Gasteiger partial charge in [-0.1, -0.05) is 12.1 Å². The molecule has 0 unspecified atom stereocenters. The molecule has 2 rings (SSSR count). The monoisotopic (exact) mass is 526 g/mol.